The molecule has 0 aromatic carbocycles. The maximum Gasteiger partial charge on any atom is 0.131 e. The summed E-state index contributed by atoms with van der Waals surface area (Å²) in [5.41, 5.74) is 8.01. The Morgan fingerprint density at radius 2 is 2.36 bits per heavy atom. The van der Waals surface area contributed by atoms with E-state index in [0.29, 0.717) is 10.8 Å². The monoisotopic (exact) mass is 168 g/mol. The summed E-state index contributed by atoms with van der Waals surface area (Å²) in [5.74, 6) is 0. The second kappa shape index (κ2) is 2.93. The Kier molecular flexibility index (Phi) is 2.15. The molecule has 2 nitrogen and oxygen atoms in total. The van der Waals surface area contributed by atoms with Crippen LogP contribution in [0.5, 0.6) is 0 Å². The zero-order chi connectivity index (χ0) is 8.43. The Morgan fingerprint density at radius 3 is 2.82 bits per heavy atom. The fourth-order valence-corrected chi connectivity index (χ4v) is 0.967. The van der Waals surface area contributed by atoms with Crippen molar-refractivity contribution in [3.63, 3.8) is 0 Å². The molecule has 3 heteroatoms. The Hall–Kier alpha value is -1.02. The van der Waals surface area contributed by atoms with Gasteiger partial charge in [0.05, 0.1) is 0 Å². The van der Waals surface area contributed by atoms with Crippen LogP contribution >= 0.6 is 11.6 Å². The van der Waals surface area contributed by atoms with E-state index < -0.39 is 0 Å². The van der Waals surface area contributed by atoms with Crippen LogP contribution in [0.2, 0.25) is 5.15 Å². The highest BCUT2D eigenvalue weighted by molar-refractivity contribution is 6.29. The molecule has 0 bridgehead atoms. The third-order valence-corrected chi connectivity index (χ3v) is 1.57. The van der Waals surface area contributed by atoms with Crippen molar-refractivity contribution in [3.8, 4) is 0 Å². The highest BCUT2D eigenvalue weighted by Gasteiger charge is 2.00. The number of hydrogen-bond acceptors (Lipinski definition) is 2. The van der Waals surface area contributed by atoms with Gasteiger partial charge in [0, 0.05) is 17.4 Å². The number of halogens is 1. The topological polar surface area (TPSA) is 38.9 Å². The lowest BCUT2D eigenvalue weighted by Gasteiger charge is -2.02. The lowest BCUT2D eigenvalue weighted by Crippen LogP contribution is -1.92. The highest BCUT2D eigenvalue weighted by atomic mass is 35.5. The Balaban J connectivity index is 3.20. The molecule has 0 unspecified atom stereocenters. The van der Waals surface area contributed by atoms with Crippen LogP contribution in [0.25, 0.3) is 5.57 Å². The van der Waals surface area contributed by atoms with E-state index >= 15 is 0 Å². The number of pyridine rings is 1. The Labute approximate surface area is 70.7 Å². The zero-order valence-corrected chi connectivity index (χ0v) is 7.02. The Morgan fingerprint density at radius 1 is 1.73 bits per heavy atom. The molecular weight excluding hydrogens is 160 g/mol. The minimum atomic E-state index is 0.410. The van der Waals surface area contributed by atoms with E-state index in [2.05, 4.69) is 11.6 Å². The summed E-state index contributed by atoms with van der Waals surface area (Å²) in [6, 6.07) is 1.62. The standard InChI is InChI=1S/C8H9ClN2/c1-5(2)6-4-11-8(9)3-7(6)10/h3-4H,1H2,2H3,(H2,10,11). The number of nitrogens with two attached hydrogens (primary N) is 1. The molecule has 1 aromatic heterocycles. The zero-order valence-electron chi connectivity index (χ0n) is 6.26. The number of nitrogens with zero attached hydrogens (tertiary/aromatic N) is 1. The summed E-state index contributed by atoms with van der Waals surface area (Å²) in [7, 11) is 0. The van der Waals surface area contributed by atoms with Gasteiger partial charge in [0.1, 0.15) is 5.15 Å². The fourth-order valence-electron chi connectivity index (χ4n) is 0.801. The SMILES string of the molecule is C=C(C)c1cnc(Cl)cc1N. The third kappa shape index (κ3) is 1.71. The summed E-state index contributed by atoms with van der Waals surface area (Å²) < 4.78 is 0. The molecule has 0 saturated carbocycles. The van der Waals surface area contributed by atoms with Gasteiger partial charge in [-0.3, -0.25) is 0 Å². The first-order valence-electron chi connectivity index (χ1n) is 3.18. The normalized spacial score (nSPS) is 9.64. The summed E-state index contributed by atoms with van der Waals surface area (Å²) in [5, 5.41) is 0.410. The van der Waals surface area contributed by atoms with E-state index in [0.717, 1.165) is 11.1 Å². The van der Waals surface area contributed by atoms with Crippen molar-refractivity contribution in [3.05, 3.63) is 29.6 Å². The average Bonchev–Trinajstić information content (AvgIpc) is 1.85. The molecule has 1 heterocycles. The molecule has 0 atom stereocenters. The minimum absolute atomic E-state index is 0.410. The van der Waals surface area contributed by atoms with Gasteiger partial charge >= 0.3 is 0 Å². The molecule has 0 spiro atoms. The van der Waals surface area contributed by atoms with Gasteiger partial charge in [-0.25, -0.2) is 4.98 Å². The molecule has 0 saturated heterocycles. The molecule has 2 N–H and O–H groups in total. The lowest BCUT2D eigenvalue weighted by molar-refractivity contribution is 1.31. The molecular formula is C8H9ClN2. The molecule has 1 aromatic rings. The van der Waals surface area contributed by atoms with E-state index in [9.17, 15) is 0 Å². The van der Waals surface area contributed by atoms with Gasteiger partial charge in [-0.15, -0.1) is 0 Å². The molecule has 0 aliphatic carbocycles. The van der Waals surface area contributed by atoms with E-state index in [4.69, 9.17) is 17.3 Å². The van der Waals surface area contributed by atoms with Gasteiger partial charge in [-0.1, -0.05) is 18.2 Å². The van der Waals surface area contributed by atoms with Gasteiger partial charge in [0.2, 0.25) is 0 Å². The van der Waals surface area contributed by atoms with Crippen LogP contribution in [-0.2, 0) is 0 Å². The number of rotatable bonds is 1. The van der Waals surface area contributed by atoms with Crippen molar-refractivity contribution < 1.29 is 0 Å². The Bertz CT molecular complexity index is 294. The molecule has 0 fully saturated rings. The quantitative estimate of drug-likeness (QED) is 0.654. The number of nitrogen functional groups attached to an aromatic ring is 1. The molecule has 0 amide bonds. The predicted octanol–water partition coefficient (Wildman–Crippen LogP) is 2.35. The first-order chi connectivity index (χ1) is 5.11. The van der Waals surface area contributed by atoms with E-state index in [1.807, 2.05) is 6.92 Å². The van der Waals surface area contributed by atoms with Crippen LogP contribution in [0.15, 0.2) is 18.8 Å². The van der Waals surface area contributed by atoms with Crippen molar-refractivity contribution in [2.45, 2.75) is 6.92 Å². The maximum absolute atomic E-state index is 5.64. The first kappa shape index (κ1) is 8.08. The number of aromatic nitrogens is 1. The predicted molar refractivity (Wildman–Crippen MR) is 48.4 cm³/mol. The molecule has 11 heavy (non-hydrogen) atoms. The fraction of sp³-hybridized carbons (Fsp3) is 0.125. The number of hydrogen-bond donors (Lipinski definition) is 1. The average molecular weight is 169 g/mol. The van der Waals surface area contributed by atoms with Crippen LogP contribution in [0.1, 0.15) is 12.5 Å². The summed E-state index contributed by atoms with van der Waals surface area (Å²) in [6.45, 7) is 5.63. The van der Waals surface area contributed by atoms with Gasteiger partial charge in [0.25, 0.3) is 0 Å². The van der Waals surface area contributed by atoms with Crippen molar-refractivity contribution in [2.24, 2.45) is 0 Å². The second-order valence-electron chi connectivity index (χ2n) is 2.37. The van der Waals surface area contributed by atoms with Crippen molar-refractivity contribution in [1.29, 1.82) is 0 Å². The molecule has 1 rings (SSSR count). The van der Waals surface area contributed by atoms with Gasteiger partial charge in [0.15, 0.2) is 0 Å². The van der Waals surface area contributed by atoms with Crippen molar-refractivity contribution >= 4 is 22.9 Å². The van der Waals surface area contributed by atoms with Crippen LogP contribution in [0, 0.1) is 0 Å². The van der Waals surface area contributed by atoms with E-state index in [1.54, 1.807) is 12.3 Å². The molecule has 58 valence electrons. The second-order valence-corrected chi connectivity index (χ2v) is 2.76. The van der Waals surface area contributed by atoms with Gasteiger partial charge in [-0.05, 0) is 18.6 Å². The highest BCUT2D eigenvalue weighted by Crippen LogP contribution is 2.20. The third-order valence-electron chi connectivity index (χ3n) is 1.36. The molecule has 0 aliphatic rings. The largest absolute Gasteiger partial charge is 0.398 e. The number of anilines is 1. The summed E-state index contributed by atoms with van der Waals surface area (Å²) in [6.07, 6.45) is 1.62. The van der Waals surface area contributed by atoms with Gasteiger partial charge in [-0.2, -0.15) is 0 Å². The molecule has 0 radical (unpaired) electrons. The van der Waals surface area contributed by atoms with Gasteiger partial charge < -0.3 is 5.73 Å². The first-order valence-corrected chi connectivity index (χ1v) is 3.56. The summed E-state index contributed by atoms with van der Waals surface area (Å²) in [4.78, 5) is 3.89. The van der Waals surface area contributed by atoms with Crippen molar-refractivity contribution in [1.82, 2.24) is 4.98 Å². The van der Waals surface area contributed by atoms with Crippen LogP contribution < -0.4 is 5.73 Å². The number of allylic oxidation sites excluding steroid dienone is 1. The van der Waals surface area contributed by atoms with Crippen LogP contribution in [0.4, 0.5) is 5.69 Å². The van der Waals surface area contributed by atoms with Crippen molar-refractivity contribution in [2.75, 3.05) is 5.73 Å². The molecule has 0 aliphatic heterocycles. The lowest BCUT2D eigenvalue weighted by atomic mass is 10.1. The van der Waals surface area contributed by atoms with Crippen LogP contribution in [-0.4, -0.2) is 4.98 Å². The smallest absolute Gasteiger partial charge is 0.131 e. The van der Waals surface area contributed by atoms with Crippen LogP contribution in [0.3, 0.4) is 0 Å². The summed E-state index contributed by atoms with van der Waals surface area (Å²) >= 11 is 5.60. The minimum Gasteiger partial charge on any atom is -0.398 e. The van der Waals surface area contributed by atoms with E-state index in [-0.39, 0.29) is 0 Å². The van der Waals surface area contributed by atoms with E-state index in [1.165, 1.54) is 0 Å². The maximum atomic E-state index is 5.64.